The largest absolute Gasteiger partial charge is 0.252 e. The van der Waals surface area contributed by atoms with E-state index in [0.29, 0.717) is 13.0 Å². The number of thiazole rings is 1. The van der Waals surface area contributed by atoms with Crippen LogP contribution in [-0.4, -0.2) is 34.5 Å². The van der Waals surface area contributed by atoms with Crippen LogP contribution in [0.3, 0.4) is 0 Å². The lowest BCUT2D eigenvalue weighted by molar-refractivity contribution is 0.639. The van der Waals surface area contributed by atoms with Gasteiger partial charge in [0.05, 0.1) is 12.1 Å². The normalized spacial score (nSPS) is 11.0. The zero-order valence-corrected chi connectivity index (χ0v) is 13.9. The predicted octanol–water partition coefficient (Wildman–Crippen LogP) is 2.17. The van der Waals surface area contributed by atoms with Gasteiger partial charge in [-0.2, -0.15) is 10.2 Å². The van der Waals surface area contributed by atoms with Gasteiger partial charge in [0.2, 0.25) is 0 Å². The number of nitrogens with zero attached hydrogens (tertiary/aromatic N) is 7. The minimum atomic E-state index is 0.514. The highest BCUT2D eigenvalue weighted by atomic mass is 32.1. The van der Waals surface area contributed by atoms with E-state index in [0.717, 1.165) is 27.9 Å². The molecule has 0 saturated carbocycles. The van der Waals surface area contributed by atoms with Crippen LogP contribution in [0.25, 0.3) is 10.6 Å². The molecule has 0 amide bonds. The highest BCUT2D eigenvalue weighted by molar-refractivity contribution is 7.13. The van der Waals surface area contributed by atoms with E-state index in [2.05, 4.69) is 37.7 Å². The van der Waals surface area contributed by atoms with Crippen molar-refractivity contribution in [2.45, 2.75) is 13.0 Å². The Balaban J connectivity index is 1.51. The van der Waals surface area contributed by atoms with Crippen molar-refractivity contribution in [1.29, 1.82) is 0 Å². The second-order valence-electron chi connectivity index (χ2n) is 5.35. The Morgan fingerprint density at radius 3 is 2.79 bits per heavy atom. The van der Waals surface area contributed by atoms with Gasteiger partial charge in [-0.3, -0.25) is 4.68 Å². The van der Waals surface area contributed by atoms with Crippen LogP contribution in [0, 0.1) is 0 Å². The molecule has 0 radical (unpaired) electrons. The smallest absolute Gasteiger partial charge is 0.172 e. The number of rotatable bonds is 5. The van der Waals surface area contributed by atoms with Gasteiger partial charge in [-0.15, -0.1) is 11.3 Å². The van der Waals surface area contributed by atoms with Crippen LogP contribution in [-0.2, 0) is 20.0 Å². The monoisotopic (exact) mass is 337 g/mol. The fourth-order valence-electron chi connectivity index (χ4n) is 2.42. The molecule has 0 spiro atoms. The molecular formula is C16H15N7S. The van der Waals surface area contributed by atoms with E-state index in [9.17, 15) is 0 Å². The van der Waals surface area contributed by atoms with Crippen LogP contribution in [0.4, 0.5) is 0 Å². The Morgan fingerprint density at radius 2 is 2.00 bits per heavy atom. The van der Waals surface area contributed by atoms with Crippen LogP contribution in [0.2, 0.25) is 0 Å². The fraction of sp³-hybridized carbons (Fsp3) is 0.188. The molecule has 0 aliphatic heterocycles. The van der Waals surface area contributed by atoms with Gasteiger partial charge in [0.15, 0.2) is 5.82 Å². The molecule has 0 fully saturated rings. The summed E-state index contributed by atoms with van der Waals surface area (Å²) in [6.45, 7) is 0.514. The van der Waals surface area contributed by atoms with Gasteiger partial charge >= 0.3 is 0 Å². The molecule has 0 atom stereocenters. The van der Waals surface area contributed by atoms with Crippen LogP contribution in [0.15, 0.2) is 48.4 Å². The Morgan fingerprint density at radius 1 is 1.12 bits per heavy atom. The Labute approximate surface area is 142 Å². The zero-order chi connectivity index (χ0) is 16.4. The molecule has 4 rings (SSSR count). The summed E-state index contributed by atoms with van der Waals surface area (Å²) in [7, 11) is 1.90. The van der Waals surface area contributed by atoms with Gasteiger partial charge in [-0.1, -0.05) is 30.3 Å². The minimum absolute atomic E-state index is 0.514. The standard InChI is InChI=1S/C16H15N7S/c1-22-15(20-14(21-22)8-23-11-17-10-18-23)7-13-9-24-16(19-13)12-5-3-2-4-6-12/h2-6,9-11H,7-8H2,1H3. The van der Waals surface area contributed by atoms with Crippen molar-refractivity contribution in [3.8, 4) is 10.6 Å². The molecule has 0 unspecified atom stereocenters. The van der Waals surface area contributed by atoms with Crippen LogP contribution in [0.1, 0.15) is 17.3 Å². The van der Waals surface area contributed by atoms with E-state index in [4.69, 9.17) is 4.98 Å². The zero-order valence-electron chi connectivity index (χ0n) is 13.1. The van der Waals surface area contributed by atoms with Gasteiger partial charge in [-0.05, 0) is 0 Å². The average Bonchev–Trinajstić information content (AvgIpc) is 3.32. The molecule has 4 aromatic rings. The minimum Gasteiger partial charge on any atom is -0.252 e. The number of hydrogen-bond donors (Lipinski definition) is 0. The Bertz CT molecular complexity index is 925. The molecular weight excluding hydrogens is 322 g/mol. The first-order valence-electron chi connectivity index (χ1n) is 7.49. The quantitative estimate of drug-likeness (QED) is 0.558. The molecule has 0 aliphatic rings. The lowest BCUT2D eigenvalue weighted by atomic mass is 10.2. The van der Waals surface area contributed by atoms with Crippen molar-refractivity contribution >= 4 is 11.3 Å². The van der Waals surface area contributed by atoms with Crippen LogP contribution >= 0.6 is 11.3 Å². The number of aromatic nitrogens is 7. The number of hydrogen-bond acceptors (Lipinski definition) is 6. The lowest BCUT2D eigenvalue weighted by Gasteiger charge is -1.97. The first-order valence-corrected chi connectivity index (χ1v) is 8.37. The van der Waals surface area contributed by atoms with Crippen molar-refractivity contribution in [3.63, 3.8) is 0 Å². The van der Waals surface area contributed by atoms with Crippen LogP contribution < -0.4 is 0 Å². The molecule has 0 saturated heterocycles. The lowest BCUT2D eigenvalue weighted by Crippen LogP contribution is -2.02. The maximum absolute atomic E-state index is 4.71. The molecule has 8 heteroatoms. The van der Waals surface area contributed by atoms with Gasteiger partial charge < -0.3 is 0 Å². The third kappa shape index (κ3) is 3.09. The highest BCUT2D eigenvalue weighted by Gasteiger charge is 2.11. The summed E-state index contributed by atoms with van der Waals surface area (Å²) in [5.41, 5.74) is 2.14. The second-order valence-corrected chi connectivity index (χ2v) is 6.21. The van der Waals surface area contributed by atoms with E-state index in [-0.39, 0.29) is 0 Å². The molecule has 7 nitrogen and oxygen atoms in total. The van der Waals surface area contributed by atoms with Gasteiger partial charge in [0, 0.05) is 18.0 Å². The summed E-state index contributed by atoms with van der Waals surface area (Å²) in [6.07, 6.45) is 3.82. The summed E-state index contributed by atoms with van der Waals surface area (Å²) in [4.78, 5) is 13.2. The first-order chi connectivity index (χ1) is 11.8. The summed E-state index contributed by atoms with van der Waals surface area (Å²) < 4.78 is 3.50. The highest BCUT2D eigenvalue weighted by Crippen LogP contribution is 2.24. The first kappa shape index (κ1) is 14.7. The van der Waals surface area contributed by atoms with Gasteiger partial charge in [0.1, 0.15) is 30.0 Å². The summed E-state index contributed by atoms with van der Waals surface area (Å²) in [5.74, 6) is 1.60. The van der Waals surface area contributed by atoms with E-state index in [1.807, 2.05) is 25.2 Å². The third-order valence-electron chi connectivity index (χ3n) is 3.58. The molecule has 0 N–H and O–H groups in total. The molecule has 0 bridgehead atoms. The maximum atomic E-state index is 4.71. The molecule has 0 aliphatic carbocycles. The summed E-state index contributed by atoms with van der Waals surface area (Å²) in [6, 6.07) is 10.2. The Kier molecular flexibility index (Phi) is 3.87. The number of aryl methyl sites for hydroxylation is 1. The van der Waals surface area contributed by atoms with Gasteiger partial charge in [-0.25, -0.2) is 19.6 Å². The average molecular weight is 337 g/mol. The number of benzene rings is 1. The molecule has 3 aromatic heterocycles. The topological polar surface area (TPSA) is 74.3 Å². The summed E-state index contributed by atoms with van der Waals surface area (Å²) in [5, 5.41) is 11.6. The second kappa shape index (κ2) is 6.32. The Hall–Kier alpha value is -2.87. The van der Waals surface area contributed by atoms with Crippen molar-refractivity contribution in [2.75, 3.05) is 0 Å². The molecule has 24 heavy (non-hydrogen) atoms. The molecule has 3 heterocycles. The van der Waals surface area contributed by atoms with Crippen molar-refractivity contribution in [1.82, 2.24) is 34.5 Å². The van der Waals surface area contributed by atoms with E-state index >= 15 is 0 Å². The van der Waals surface area contributed by atoms with Crippen molar-refractivity contribution in [3.05, 3.63) is 65.7 Å². The maximum Gasteiger partial charge on any atom is 0.172 e. The van der Waals surface area contributed by atoms with E-state index in [1.165, 1.54) is 6.33 Å². The SMILES string of the molecule is Cn1nc(Cn2cncn2)nc1Cc1csc(-c2ccccc2)n1. The van der Waals surface area contributed by atoms with Crippen molar-refractivity contribution < 1.29 is 0 Å². The third-order valence-corrected chi connectivity index (χ3v) is 4.52. The summed E-state index contributed by atoms with van der Waals surface area (Å²) >= 11 is 1.65. The fourth-order valence-corrected chi connectivity index (χ4v) is 3.24. The van der Waals surface area contributed by atoms with E-state index in [1.54, 1.807) is 27.0 Å². The van der Waals surface area contributed by atoms with E-state index < -0.39 is 0 Å². The van der Waals surface area contributed by atoms with Crippen LogP contribution in [0.5, 0.6) is 0 Å². The predicted molar refractivity (Wildman–Crippen MR) is 90.5 cm³/mol. The van der Waals surface area contributed by atoms with Gasteiger partial charge in [0.25, 0.3) is 0 Å². The molecule has 120 valence electrons. The molecule has 1 aromatic carbocycles. The van der Waals surface area contributed by atoms with Crippen molar-refractivity contribution in [2.24, 2.45) is 7.05 Å².